The van der Waals surface area contributed by atoms with E-state index >= 15 is 0 Å². The highest BCUT2D eigenvalue weighted by molar-refractivity contribution is 6.33. The van der Waals surface area contributed by atoms with Crippen LogP contribution in [0.5, 0.6) is 5.75 Å². The van der Waals surface area contributed by atoms with Gasteiger partial charge in [0.15, 0.2) is 23.1 Å². The average Bonchev–Trinajstić information content (AvgIpc) is 3.79. The lowest BCUT2D eigenvalue weighted by molar-refractivity contribution is -0.137. The summed E-state index contributed by atoms with van der Waals surface area (Å²) in [5.41, 5.74) is 0.448. The highest BCUT2D eigenvalue weighted by Gasteiger charge is 2.45. The fraction of sp³-hybridized carbons (Fsp3) is 0.486. The first-order chi connectivity index (χ1) is 26.9. The maximum Gasteiger partial charge on any atom is 0.416 e. The second kappa shape index (κ2) is 14.7. The fourth-order valence-electron chi connectivity index (χ4n) is 7.83. The number of benzene rings is 1. The molecule has 1 saturated carbocycles. The van der Waals surface area contributed by atoms with Gasteiger partial charge >= 0.3 is 6.18 Å². The van der Waals surface area contributed by atoms with E-state index < -0.39 is 29.1 Å². The first-order valence-corrected chi connectivity index (χ1v) is 19.0. The van der Waals surface area contributed by atoms with Gasteiger partial charge in [0.05, 0.1) is 35.2 Å². The normalized spacial score (nSPS) is 18.4. The Balaban J connectivity index is 1.06. The van der Waals surface area contributed by atoms with E-state index in [4.69, 9.17) is 16.3 Å². The number of nitrogens with zero attached hydrogens (tertiary/aromatic N) is 9. The topological polar surface area (TPSA) is 163 Å². The van der Waals surface area contributed by atoms with Crippen molar-refractivity contribution in [1.82, 2.24) is 34.0 Å². The van der Waals surface area contributed by atoms with E-state index in [2.05, 4.69) is 25.4 Å². The molecule has 15 nitrogen and oxygen atoms in total. The molecule has 1 spiro atoms. The summed E-state index contributed by atoms with van der Waals surface area (Å²) < 4.78 is 47.9. The van der Waals surface area contributed by atoms with E-state index in [0.29, 0.717) is 48.8 Å². The minimum Gasteiger partial charge on any atom is -0.503 e. The molecule has 6 heterocycles. The minimum atomic E-state index is -4.61. The number of anilines is 3. The zero-order valence-corrected chi connectivity index (χ0v) is 31.4. The van der Waals surface area contributed by atoms with Crippen molar-refractivity contribution in [3.8, 4) is 5.75 Å². The zero-order chi connectivity index (χ0) is 39.4. The van der Waals surface area contributed by atoms with Crippen LogP contribution in [0.2, 0.25) is 5.02 Å². The summed E-state index contributed by atoms with van der Waals surface area (Å²) >= 11 is 6.15. The standard InChI is InChI=1S/C37H40ClF3N10O5/c1-2-26-29(47-13-15-49(16-14-47)33(54)28-30(53)32(43-21-42-28)48-11-9-36(7-8-36)10-12-48)34(55)51-35(45-31(46-51)22-5-17-56-18-6-22)50(26)20-27(52)44-25-4-3-23(19-24(25)38)37(39,40)41/h3-5,19,21,53H,2,6-18,20H2,1H3,(H,44,52). The zero-order valence-electron chi connectivity index (χ0n) is 30.6. The lowest BCUT2D eigenvalue weighted by atomic mass is 9.94. The quantitative estimate of drug-likeness (QED) is 0.260. The summed E-state index contributed by atoms with van der Waals surface area (Å²) in [4.78, 5) is 60.3. The van der Waals surface area contributed by atoms with E-state index in [1.165, 1.54) is 19.2 Å². The molecule has 19 heteroatoms. The molecule has 56 heavy (non-hydrogen) atoms. The summed E-state index contributed by atoms with van der Waals surface area (Å²) in [5, 5.41) is 18.1. The van der Waals surface area contributed by atoms with Gasteiger partial charge in [-0.05, 0) is 67.7 Å². The molecule has 1 aliphatic carbocycles. The first-order valence-electron chi connectivity index (χ1n) is 18.6. The maximum atomic E-state index is 14.3. The molecule has 8 rings (SSSR count). The highest BCUT2D eigenvalue weighted by Crippen LogP contribution is 2.54. The number of fused-ring (bicyclic) bond motifs is 1. The van der Waals surface area contributed by atoms with Gasteiger partial charge in [-0.1, -0.05) is 24.6 Å². The van der Waals surface area contributed by atoms with E-state index in [9.17, 15) is 32.7 Å². The van der Waals surface area contributed by atoms with E-state index in [1.54, 1.807) is 9.47 Å². The number of hydrogen-bond acceptors (Lipinski definition) is 11. The van der Waals surface area contributed by atoms with Crippen molar-refractivity contribution in [2.24, 2.45) is 5.41 Å². The van der Waals surface area contributed by atoms with Crippen LogP contribution in [0.1, 0.15) is 66.6 Å². The van der Waals surface area contributed by atoms with Gasteiger partial charge in [-0.3, -0.25) is 14.4 Å². The molecule has 0 radical (unpaired) electrons. The largest absolute Gasteiger partial charge is 0.503 e. The van der Waals surface area contributed by atoms with Gasteiger partial charge in [0, 0.05) is 39.3 Å². The van der Waals surface area contributed by atoms with Gasteiger partial charge in [0.1, 0.15) is 18.6 Å². The summed E-state index contributed by atoms with van der Waals surface area (Å²) in [6.07, 6.45) is 3.85. The van der Waals surface area contributed by atoms with Gasteiger partial charge in [0.25, 0.3) is 11.5 Å². The number of piperazine rings is 1. The Hall–Kier alpha value is -5.23. The van der Waals surface area contributed by atoms with Crippen LogP contribution in [0.4, 0.5) is 30.4 Å². The molecule has 4 aromatic rings. The number of hydrogen-bond donors (Lipinski definition) is 2. The third kappa shape index (κ3) is 7.15. The number of aromatic hydroxyl groups is 1. The summed E-state index contributed by atoms with van der Waals surface area (Å²) in [6.45, 7) is 4.65. The van der Waals surface area contributed by atoms with Crippen molar-refractivity contribution in [2.45, 2.75) is 58.2 Å². The Morgan fingerprint density at radius 3 is 2.43 bits per heavy atom. The number of piperidine rings is 1. The molecule has 0 atom stereocenters. The van der Waals surface area contributed by atoms with Crippen LogP contribution in [0.25, 0.3) is 11.4 Å². The van der Waals surface area contributed by atoms with Crippen LogP contribution < -0.4 is 20.7 Å². The number of ether oxygens (including phenoxy) is 1. The third-order valence-electron chi connectivity index (χ3n) is 11.3. The fourth-order valence-corrected chi connectivity index (χ4v) is 8.06. The highest BCUT2D eigenvalue weighted by atomic mass is 35.5. The Bertz CT molecular complexity index is 2290. The summed E-state index contributed by atoms with van der Waals surface area (Å²) in [6, 6.07) is 2.65. The van der Waals surface area contributed by atoms with Crippen molar-refractivity contribution >= 4 is 52.0 Å². The number of carbonyl (C=O) groups is 2. The van der Waals surface area contributed by atoms with E-state index in [0.717, 1.165) is 54.2 Å². The van der Waals surface area contributed by atoms with Crippen LogP contribution in [-0.2, 0) is 28.7 Å². The predicted molar refractivity (Wildman–Crippen MR) is 200 cm³/mol. The van der Waals surface area contributed by atoms with Crippen molar-refractivity contribution in [1.29, 1.82) is 0 Å². The van der Waals surface area contributed by atoms with Crippen LogP contribution in [-0.4, -0.2) is 103 Å². The second-order valence-corrected chi connectivity index (χ2v) is 15.1. The molecule has 2 amide bonds. The number of rotatable bonds is 8. The molecule has 3 aromatic heterocycles. The van der Waals surface area contributed by atoms with Gasteiger partial charge in [-0.2, -0.15) is 22.7 Å². The molecular weight excluding hydrogens is 757 g/mol. The average molecular weight is 797 g/mol. The molecule has 3 aliphatic heterocycles. The maximum absolute atomic E-state index is 14.3. The molecule has 0 unspecified atom stereocenters. The molecule has 3 fully saturated rings. The van der Waals surface area contributed by atoms with E-state index in [1.807, 2.05) is 22.8 Å². The van der Waals surface area contributed by atoms with Crippen LogP contribution in [0.15, 0.2) is 35.4 Å². The number of amides is 2. The van der Waals surface area contributed by atoms with Gasteiger partial charge in [-0.25, -0.2) is 9.97 Å². The molecule has 0 bridgehead atoms. The van der Waals surface area contributed by atoms with E-state index in [-0.39, 0.29) is 66.3 Å². The van der Waals surface area contributed by atoms with Crippen LogP contribution in [0.3, 0.4) is 0 Å². The molecule has 1 aromatic carbocycles. The minimum absolute atomic E-state index is 0.0141. The molecule has 2 saturated heterocycles. The molecule has 4 aliphatic rings. The second-order valence-electron chi connectivity index (χ2n) is 14.6. The summed E-state index contributed by atoms with van der Waals surface area (Å²) in [7, 11) is 0. The third-order valence-corrected chi connectivity index (χ3v) is 11.6. The molecule has 296 valence electrons. The smallest absolute Gasteiger partial charge is 0.416 e. The predicted octanol–water partition coefficient (Wildman–Crippen LogP) is 4.41. The SMILES string of the molecule is CCc1c(N2CCN(C(=O)c3ncnc(N4CCC5(CC4)CC5)c3O)CC2)c(=O)n2nc(C3=CCOCC3)nc2n1CC(=O)Nc1ccc(C(F)(F)F)cc1Cl. The van der Waals surface area contributed by atoms with Crippen LogP contribution >= 0.6 is 11.6 Å². The van der Waals surface area contributed by atoms with Gasteiger partial charge in [-0.15, -0.1) is 5.10 Å². The monoisotopic (exact) mass is 796 g/mol. The summed E-state index contributed by atoms with van der Waals surface area (Å²) in [5.74, 6) is -0.548. The lowest BCUT2D eigenvalue weighted by Crippen LogP contribution is -2.51. The molecular formula is C37H40ClF3N10O5. The van der Waals surface area contributed by atoms with Crippen molar-refractivity contribution in [3.05, 3.63) is 68.8 Å². The Labute approximate surface area is 323 Å². The Morgan fingerprint density at radius 2 is 1.79 bits per heavy atom. The Morgan fingerprint density at radius 1 is 1.04 bits per heavy atom. The van der Waals surface area contributed by atoms with Crippen molar-refractivity contribution in [3.63, 3.8) is 0 Å². The lowest BCUT2D eigenvalue weighted by Gasteiger charge is -2.37. The number of carbonyl (C=O) groups excluding carboxylic acids is 2. The van der Waals surface area contributed by atoms with Gasteiger partial charge < -0.3 is 34.4 Å². The Kier molecular flexibility index (Phi) is 9.88. The van der Waals surface area contributed by atoms with Crippen molar-refractivity contribution in [2.75, 3.05) is 67.6 Å². The number of nitrogens with one attached hydrogen (secondary N) is 1. The number of halogens is 4. The van der Waals surface area contributed by atoms with Gasteiger partial charge in [0.2, 0.25) is 11.7 Å². The van der Waals surface area contributed by atoms with Crippen molar-refractivity contribution < 1.29 is 32.6 Å². The number of alkyl halides is 3. The first kappa shape index (κ1) is 37.7. The number of aromatic nitrogens is 6. The molecule has 2 N–H and O–H groups in total. The van der Waals surface area contributed by atoms with Crippen LogP contribution in [0, 0.1) is 5.41 Å².